The number of aliphatic hydroxyl groups is 1. The average Bonchev–Trinajstić information content (AvgIpc) is 2.63. The van der Waals surface area contributed by atoms with E-state index in [2.05, 4.69) is 10.3 Å². The van der Waals surface area contributed by atoms with Crippen LogP contribution in [0.1, 0.15) is 38.5 Å². The third-order valence-corrected chi connectivity index (χ3v) is 2.29. The molecule has 0 bridgehead atoms. The first kappa shape index (κ1) is 10.5. The molecule has 0 saturated heterocycles. The number of nitrogens with one attached hydrogen (secondary N) is 1. The molecule has 13 heavy (non-hydrogen) atoms. The number of amidine groups is 1. The zero-order valence-corrected chi connectivity index (χ0v) is 8.26. The van der Waals surface area contributed by atoms with Crippen molar-refractivity contribution in [1.29, 1.82) is 0 Å². The lowest BCUT2D eigenvalue weighted by molar-refractivity contribution is 0.282. The van der Waals surface area contributed by atoms with Gasteiger partial charge in [0.2, 0.25) is 0 Å². The summed E-state index contributed by atoms with van der Waals surface area (Å²) in [5.74, 6) is 1.20. The highest BCUT2D eigenvalue weighted by molar-refractivity contribution is 5.83. The van der Waals surface area contributed by atoms with E-state index >= 15 is 0 Å². The fraction of sp³-hybridized carbons (Fsp3) is 0.900. The molecule has 0 unspecified atom stereocenters. The quantitative estimate of drug-likeness (QED) is 0.611. The van der Waals surface area contributed by atoms with Crippen LogP contribution in [0.15, 0.2) is 4.99 Å². The molecule has 3 nitrogen and oxygen atoms in total. The molecule has 0 saturated carbocycles. The van der Waals surface area contributed by atoms with Crippen molar-refractivity contribution >= 4 is 5.84 Å². The van der Waals surface area contributed by atoms with E-state index in [0.717, 1.165) is 32.4 Å². The van der Waals surface area contributed by atoms with Crippen molar-refractivity contribution in [1.82, 2.24) is 5.32 Å². The van der Waals surface area contributed by atoms with E-state index in [1.54, 1.807) is 0 Å². The second-order valence-corrected chi connectivity index (χ2v) is 3.50. The highest BCUT2D eigenvalue weighted by Crippen LogP contribution is 2.02. The lowest BCUT2D eigenvalue weighted by Crippen LogP contribution is -2.22. The zero-order valence-electron chi connectivity index (χ0n) is 8.26. The summed E-state index contributed by atoms with van der Waals surface area (Å²) in [6.45, 7) is 2.39. The Morgan fingerprint density at radius 2 is 2.08 bits per heavy atom. The first-order chi connectivity index (χ1) is 6.43. The van der Waals surface area contributed by atoms with Gasteiger partial charge in [0.15, 0.2) is 0 Å². The first-order valence-electron chi connectivity index (χ1n) is 5.31. The molecule has 0 aromatic heterocycles. The number of hydrogen-bond acceptors (Lipinski definition) is 3. The third kappa shape index (κ3) is 4.88. The van der Waals surface area contributed by atoms with Gasteiger partial charge in [-0.3, -0.25) is 4.99 Å². The summed E-state index contributed by atoms with van der Waals surface area (Å²) in [4.78, 5) is 4.34. The van der Waals surface area contributed by atoms with E-state index in [4.69, 9.17) is 5.11 Å². The highest BCUT2D eigenvalue weighted by atomic mass is 16.2. The van der Waals surface area contributed by atoms with E-state index in [1.807, 2.05) is 0 Å². The standard InChI is InChI=1S/C10H20N2O/c13-9-4-2-1-3-7-11-10-6-5-8-12-10/h13H,1-9H2,(H,11,12). The Bertz CT molecular complexity index is 157. The van der Waals surface area contributed by atoms with Crippen LogP contribution in [0.5, 0.6) is 0 Å². The number of nitrogens with zero attached hydrogens (tertiary/aromatic N) is 1. The average molecular weight is 184 g/mol. The molecule has 0 atom stereocenters. The van der Waals surface area contributed by atoms with Crippen molar-refractivity contribution < 1.29 is 5.11 Å². The molecule has 0 fully saturated rings. The van der Waals surface area contributed by atoms with Crippen LogP contribution in [0, 0.1) is 0 Å². The number of rotatable bonds is 6. The van der Waals surface area contributed by atoms with Crippen molar-refractivity contribution in [2.45, 2.75) is 38.5 Å². The molecule has 0 aliphatic carbocycles. The van der Waals surface area contributed by atoms with E-state index in [1.165, 1.54) is 25.1 Å². The lowest BCUT2D eigenvalue weighted by Gasteiger charge is -2.04. The van der Waals surface area contributed by atoms with Crippen LogP contribution in [0.25, 0.3) is 0 Å². The Morgan fingerprint density at radius 3 is 2.77 bits per heavy atom. The van der Waals surface area contributed by atoms with Crippen molar-refractivity contribution in [2.75, 3.05) is 19.7 Å². The summed E-state index contributed by atoms with van der Waals surface area (Å²) in [5, 5.41) is 11.9. The second-order valence-electron chi connectivity index (χ2n) is 3.50. The van der Waals surface area contributed by atoms with Crippen molar-refractivity contribution in [3.8, 4) is 0 Å². The molecule has 2 N–H and O–H groups in total. The fourth-order valence-electron chi connectivity index (χ4n) is 1.51. The maximum Gasteiger partial charge on any atom is 0.0963 e. The van der Waals surface area contributed by atoms with Crippen LogP contribution in [0.2, 0.25) is 0 Å². The predicted octanol–water partition coefficient (Wildman–Crippen LogP) is 1.32. The zero-order chi connectivity index (χ0) is 9.36. The topological polar surface area (TPSA) is 44.6 Å². The van der Waals surface area contributed by atoms with Crippen LogP contribution in [-0.2, 0) is 0 Å². The molecule has 1 aliphatic rings. The monoisotopic (exact) mass is 184 g/mol. The molecule has 1 rings (SSSR count). The van der Waals surface area contributed by atoms with Gasteiger partial charge in [0, 0.05) is 26.1 Å². The van der Waals surface area contributed by atoms with Crippen molar-refractivity contribution in [3.05, 3.63) is 0 Å². The van der Waals surface area contributed by atoms with Gasteiger partial charge in [0.05, 0.1) is 5.84 Å². The fourth-order valence-corrected chi connectivity index (χ4v) is 1.51. The molecular weight excluding hydrogens is 164 g/mol. The first-order valence-corrected chi connectivity index (χ1v) is 5.31. The Balaban J connectivity index is 1.83. The summed E-state index contributed by atoms with van der Waals surface area (Å²) in [6, 6.07) is 0. The van der Waals surface area contributed by atoms with Crippen LogP contribution in [0.4, 0.5) is 0 Å². The summed E-state index contributed by atoms with van der Waals surface area (Å²) in [6.07, 6.45) is 6.84. The SMILES string of the molecule is OCCCCCCNC1=NCCC1. The van der Waals surface area contributed by atoms with Crippen LogP contribution < -0.4 is 5.32 Å². The maximum absolute atomic E-state index is 8.56. The number of unbranched alkanes of at least 4 members (excludes halogenated alkanes) is 3. The van der Waals surface area contributed by atoms with Gasteiger partial charge in [-0.1, -0.05) is 12.8 Å². The summed E-state index contributed by atoms with van der Waals surface area (Å²) in [7, 11) is 0. The molecule has 0 spiro atoms. The van der Waals surface area contributed by atoms with Crippen molar-refractivity contribution in [2.24, 2.45) is 4.99 Å². The van der Waals surface area contributed by atoms with Gasteiger partial charge in [-0.2, -0.15) is 0 Å². The van der Waals surface area contributed by atoms with Gasteiger partial charge in [0.1, 0.15) is 0 Å². The van der Waals surface area contributed by atoms with E-state index in [9.17, 15) is 0 Å². The van der Waals surface area contributed by atoms with Gasteiger partial charge >= 0.3 is 0 Å². The van der Waals surface area contributed by atoms with Crippen LogP contribution >= 0.6 is 0 Å². The normalized spacial score (nSPS) is 15.9. The van der Waals surface area contributed by atoms with Gasteiger partial charge in [-0.25, -0.2) is 0 Å². The number of aliphatic hydroxyl groups excluding tert-OH is 1. The molecule has 0 aromatic rings. The molecule has 0 amide bonds. The number of hydrogen-bond donors (Lipinski definition) is 2. The Labute approximate surface area is 80.3 Å². The summed E-state index contributed by atoms with van der Waals surface area (Å²) >= 11 is 0. The molecule has 76 valence electrons. The molecule has 1 aliphatic heterocycles. The Morgan fingerprint density at radius 1 is 1.23 bits per heavy atom. The van der Waals surface area contributed by atoms with E-state index in [0.29, 0.717) is 6.61 Å². The molecule has 0 radical (unpaired) electrons. The van der Waals surface area contributed by atoms with Gasteiger partial charge in [0.25, 0.3) is 0 Å². The Hall–Kier alpha value is -0.570. The van der Waals surface area contributed by atoms with Crippen molar-refractivity contribution in [3.63, 3.8) is 0 Å². The second kappa shape index (κ2) is 6.89. The summed E-state index contributed by atoms with van der Waals surface area (Å²) in [5.41, 5.74) is 0. The van der Waals surface area contributed by atoms with E-state index in [-0.39, 0.29) is 0 Å². The summed E-state index contributed by atoms with van der Waals surface area (Å²) < 4.78 is 0. The minimum atomic E-state index is 0.333. The molecular formula is C10H20N2O. The minimum absolute atomic E-state index is 0.333. The highest BCUT2D eigenvalue weighted by Gasteiger charge is 2.03. The van der Waals surface area contributed by atoms with Gasteiger partial charge in [-0.05, 0) is 19.3 Å². The minimum Gasteiger partial charge on any atom is -0.396 e. The third-order valence-electron chi connectivity index (χ3n) is 2.29. The van der Waals surface area contributed by atoms with Crippen LogP contribution in [-0.4, -0.2) is 30.6 Å². The predicted molar refractivity (Wildman–Crippen MR) is 55.1 cm³/mol. The van der Waals surface area contributed by atoms with Gasteiger partial charge < -0.3 is 10.4 Å². The lowest BCUT2D eigenvalue weighted by atomic mass is 10.2. The maximum atomic E-state index is 8.56. The smallest absolute Gasteiger partial charge is 0.0963 e. The largest absolute Gasteiger partial charge is 0.396 e. The van der Waals surface area contributed by atoms with E-state index < -0.39 is 0 Å². The molecule has 1 heterocycles. The molecule has 0 aromatic carbocycles. The Kier molecular flexibility index (Phi) is 5.57. The number of aliphatic imine (C=N–C) groups is 1. The van der Waals surface area contributed by atoms with Crippen LogP contribution in [0.3, 0.4) is 0 Å². The molecule has 3 heteroatoms. The van der Waals surface area contributed by atoms with Gasteiger partial charge in [-0.15, -0.1) is 0 Å².